The van der Waals surface area contributed by atoms with Crippen LogP contribution in [-0.4, -0.2) is 48.8 Å². The summed E-state index contributed by atoms with van der Waals surface area (Å²) in [6, 6.07) is 8.02. The second-order valence-electron chi connectivity index (χ2n) is 9.77. The number of methoxy groups -OCH3 is 4. The van der Waals surface area contributed by atoms with E-state index in [9.17, 15) is 0 Å². The highest BCUT2D eigenvalue weighted by atomic mass is 16.7. The molecule has 7 heteroatoms. The molecule has 2 rings (SSSR count). The zero-order chi connectivity index (χ0) is 28.6. The predicted octanol–water partition coefficient (Wildman–Crippen LogP) is 6.84. The number of hydrogen-bond acceptors (Lipinski definition) is 7. The first-order valence-electron chi connectivity index (χ1n) is 13.3. The van der Waals surface area contributed by atoms with Gasteiger partial charge in [-0.25, -0.2) is 0 Å². The molecule has 0 heterocycles. The lowest BCUT2D eigenvalue weighted by molar-refractivity contribution is 0.0316. The van der Waals surface area contributed by atoms with Crippen molar-refractivity contribution in [1.82, 2.24) is 0 Å². The standard InChI is InChI=1S/C32H46O7/c1-23(2)12-16-28-26(11-9-10-25-14-15-27(37-20-33-5)19-30(25)36-8)18-31(38-21-34-6)32(39-22-35-7)29(28)17-13-24(3)4/h12-15,18-19H,9-11,16-17,20-22H2,1-8H3. The van der Waals surface area contributed by atoms with E-state index in [-0.39, 0.29) is 20.4 Å². The fraction of sp³-hybridized carbons (Fsp3) is 0.500. The van der Waals surface area contributed by atoms with Crippen LogP contribution in [0.15, 0.2) is 47.6 Å². The summed E-state index contributed by atoms with van der Waals surface area (Å²) in [4.78, 5) is 0. The van der Waals surface area contributed by atoms with Crippen molar-refractivity contribution in [3.05, 3.63) is 69.8 Å². The molecule has 0 saturated carbocycles. The highest BCUT2D eigenvalue weighted by Gasteiger charge is 2.20. The average molecular weight is 543 g/mol. The van der Waals surface area contributed by atoms with Gasteiger partial charge in [0, 0.05) is 33.0 Å². The van der Waals surface area contributed by atoms with Crippen LogP contribution in [0.25, 0.3) is 0 Å². The Bertz CT molecular complexity index is 1080. The minimum absolute atomic E-state index is 0.132. The molecule has 216 valence electrons. The van der Waals surface area contributed by atoms with E-state index in [4.69, 9.17) is 33.2 Å². The fourth-order valence-corrected chi connectivity index (χ4v) is 4.22. The first-order chi connectivity index (χ1) is 18.8. The molecule has 0 spiro atoms. The number of hydrogen-bond donors (Lipinski definition) is 0. The first kappa shape index (κ1) is 32.2. The van der Waals surface area contributed by atoms with E-state index in [1.54, 1.807) is 28.4 Å². The quantitative estimate of drug-likeness (QED) is 0.151. The Hall–Kier alpha value is -3.00. The molecule has 2 aromatic rings. The van der Waals surface area contributed by atoms with Crippen LogP contribution in [0.2, 0.25) is 0 Å². The smallest absolute Gasteiger partial charge is 0.188 e. The van der Waals surface area contributed by atoms with Gasteiger partial charge in [-0.15, -0.1) is 0 Å². The third kappa shape index (κ3) is 10.6. The van der Waals surface area contributed by atoms with Crippen molar-refractivity contribution in [3.63, 3.8) is 0 Å². The van der Waals surface area contributed by atoms with Crippen LogP contribution in [-0.2, 0) is 39.9 Å². The van der Waals surface area contributed by atoms with Gasteiger partial charge in [0.15, 0.2) is 31.9 Å². The van der Waals surface area contributed by atoms with Crippen LogP contribution < -0.4 is 18.9 Å². The van der Waals surface area contributed by atoms with Gasteiger partial charge in [0.25, 0.3) is 0 Å². The molecular weight excluding hydrogens is 496 g/mol. The van der Waals surface area contributed by atoms with E-state index in [0.29, 0.717) is 11.5 Å². The highest BCUT2D eigenvalue weighted by molar-refractivity contribution is 5.56. The van der Waals surface area contributed by atoms with Crippen molar-refractivity contribution in [3.8, 4) is 23.0 Å². The van der Waals surface area contributed by atoms with E-state index in [0.717, 1.165) is 54.7 Å². The van der Waals surface area contributed by atoms with Crippen molar-refractivity contribution in [2.24, 2.45) is 0 Å². The third-order valence-corrected chi connectivity index (χ3v) is 6.13. The lowest BCUT2D eigenvalue weighted by Gasteiger charge is -2.22. The molecule has 0 amide bonds. The molecule has 0 bridgehead atoms. The zero-order valence-corrected chi connectivity index (χ0v) is 25.0. The van der Waals surface area contributed by atoms with Crippen molar-refractivity contribution in [2.45, 2.75) is 59.8 Å². The van der Waals surface area contributed by atoms with E-state index < -0.39 is 0 Å². The van der Waals surface area contributed by atoms with Gasteiger partial charge < -0.3 is 33.2 Å². The summed E-state index contributed by atoms with van der Waals surface area (Å²) in [5.41, 5.74) is 7.27. The lowest BCUT2D eigenvalue weighted by Crippen LogP contribution is -2.11. The Morgan fingerprint density at radius 2 is 1.23 bits per heavy atom. The molecule has 39 heavy (non-hydrogen) atoms. The number of rotatable bonds is 18. The summed E-state index contributed by atoms with van der Waals surface area (Å²) in [7, 11) is 6.52. The number of ether oxygens (including phenoxy) is 7. The summed E-state index contributed by atoms with van der Waals surface area (Å²) in [6.45, 7) is 8.93. The van der Waals surface area contributed by atoms with E-state index in [2.05, 4.69) is 52.0 Å². The molecule has 0 aliphatic heterocycles. The molecule has 2 aromatic carbocycles. The maximum atomic E-state index is 6.10. The van der Waals surface area contributed by atoms with Crippen LogP contribution in [0.5, 0.6) is 23.0 Å². The van der Waals surface area contributed by atoms with Crippen LogP contribution in [0.1, 0.15) is 56.4 Å². The summed E-state index contributed by atoms with van der Waals surface area (Å²) in [5, 5.41) is 0. The Kier molecular flexibility index (Phi) is 14.5. The monoisotopic (exact) mass is 542 g/mol. The van der Waals surface area contributed by atoms with Gasteiger partial charge in [-0.05, 0) is 88.6 Å². The Morgan fingerprint density at radius 1 is 0.641 bits per heavy atom. The largest absolute Gasteiger partial charge is 0.496 e. The SMILES string of the molecule is COCOc1ccc(CCCc2cc(OCOC)c(OCOC)c(CC=C(C)C)c2CC=C(C)C)c(OC)c1. The van der Waals surface area contributed by atoms with Gasteiger partial charge in [-0.2, -0.15) is 0 Å². The summed E-state index contributed by atoms with van der Waals surface area (Å²) < 4.78 is 38.8. The van der Waals surface area contributed by atoms with Gasteiger partial charge in [0.05, 0.1) is 7.11 Å². The molecule has 0 fully saturated rings. The minimum Gasteiger partial charge on any atom is -0.496 e. The predicted molar refractivity (Wildman–Crippen MR) is 155 cm³/mol. The van der Waals surface area contributed by atoms with E-state index in [1.807, 2.05) is 12.1 Å². The molecule has 0 aliphatic rings. The van der Waals surface area contributed by atoms with Crippen LogP contribution >= 0.6 is 0 Å². The molecular formula is C32H46O7. The van der Waals surface area contributed by atoms with Gasteiger partial charge in [0.1, 0.15) is 11.5 Å². The second kappa shape index (κ2) is 17.6. The van der Waals surface area contributed by atoms with Crippen LogP contribution in [0.3, 0.4) is 0 Å². The van der Waals surface area contributed by atoms with Gasteiger partial charge in [0.2, 0.25) is 0 Å². The first-order valence-corrected chi connectivity index (χ1v) is 13.3. The third-order valence-electron chi connectivity index (χ3n) is 6.13. The molecule has 0 N–H and O–H groups in total. The van der Waals surface area contributed by atoms with E-state index in [1.165, 1.54) is 22.3 Å². The van der Waals surface area contributed by atoms with Gasteiger partial charge in [-0.1, -0.05) is 29.4 Å². The Labute approximate surface area is 234 Å². The van der Waals surface area contributed by atoms with Crippen LogP contribution in [0.4, 0.5) is 0 Å². The maximum Gasteiger partial charge on any atom is 0.188 e. The topological polar surface area (TPSA) is 64.6 Å². The molecule has 0 aromatic heterocycles. The molecule has 0 atom stereocenters. The van der Waals surface area contributed by atoms with Gasteiger partial charge >= 0.3 is 0 Å². The van der Waals surface area contributed by atoms with Crippen LogP contribution in [0, 0.1) is 0 Å². The number of allylic oxidation sites excluding steroid dienone is 4. The number of aryl methyl sites for hydroxylation is 2. The van der Waals surface area contributed by atoms with Crippen molar-refractivity contribution in [1.29, 1.82) is 0 Å². The zero-order valence-electron chi connectivity index (χ0n) is 25.0. The summed E-state index contributed by atoms with van der Waals surface area (Å²) >= 11 is 0. The molecule has 7 nitrogen and oxygen atoms in total. The molecule has 0 radical (unpaired) electrons. The molecule has 0 unspecified atom stereocenters. The maximum absolute atomic E-state index is 6.10. The second-order valence-corrected chi connectivity index (χ2v) is 9.77. The van der Waals surface area contributed by atoms with Crippen molar-refractivity contribution < 1.29 is 33.2 Å². The average Bonchev–Trinajstić information content (AvgIpc) is 2.92. The molecule has 0 saturated heterocycles. The Balaban J connectivity index is 2.47. The van der Waals surface area contributed by atoms with Gasteiger partial charge in [-0.3, -0.25) is 0 Å². The van der Waals surface area contributed by atoms with Crippen molar-refractivity contribution in [2.75, 3.05) is 48.8 Å². The van der Waals surface area contributed by atoms with Crippen molar-refractivity contribution >= 4 is 0 Å². The number of benzene rings is 2. The fourth-order valence-electron chi connectivity index (χ4n) is 4.22. The van der Waals surface area contributed by atoms with E-state index >= 15 is 0 Å². The lowest BCUT2D eigenvalue weighted by atomic mass is 9.90. The summed E-state index contributed by atoms with van der Waals surface area (Å²) in [5.74, 6) is 2.90. The molecule has 0 aliphatic carbocycles. The summed E-state index contributed by atoms with van der Waals surface area (Å²) in [6.07, 6.45) is 8.70. The normalized spacial score (nSPS) is 10.7. The highest BCUT2D eigenvalue weighted by Crippen LogP contribution is 2.39. The Morgan fingerprint density at radius 3 is 1.85 bits per heavy atom. The minimum atomic E-state index is 0.132.